The van der Waals surface area contributed by atoms with Crippen LogP contribution in [0.2, 0.25) is 0 Å². The molecule has 0 saturated heterocycles. The van der Waals surface area contributed by atoms with Crippen molar-refractivity contribution < 1.29 is 23.4 Å². The van der Waals surface area contributed by atoms with Gasteiger partial charge in [0.1, 0.15) is 23.3 Å². The fraction of sp³-hybridized carbons (Fsp3) is 0.242. The van der Waals surface area contributed by atoms with Crippen molar-refractivity contribution in [3.8, 4) is 22.6 Å². The Hall–Kier alpha value is -4.85. The van der Waals surface area contributed by atoms with E-state index in [1.807, 2.05) is 24.3 Å². The molecule has 1 aliphatic rings. The van der Waals surface area contributed by atoms with E-state index in [0.29, 0.717) is 45.7 Å². The predicted molar refractivity (Wildman–Crippen MR) is 156 cm³/mol. The number of aryl methyl sites for hydroxylation is 2. The van der Waals surface area contributed by atoms with Gasteiger partial charge in [-0.2, -0.15) is 0 Å². The Labute approximate surface area is 235 Å². The number of fused-ring (bicyclic) bond motifs is 1. The molecule has 0 bridgehead atoms. The zero-order valence-electron chi connectivity index (χ0n) is 23.1. The zero-order chi connectivity index (χ0) is 28.7. The fourth-order valence-electron chi connectivity index (χ4n) is 5.93. The number of benzene rings is 3. The van der Waals surface area contributed by atoms with E-state index in [1.54, 1.807) is 48.1 Å². The number of carbonyl (C=O) groups is 1. The van der Waals surface area contributed by atoms with Crippen molar-refractivity contribution >= 4 is 27.8 Å². The predicted octanol–water partition coefficient (Wildman–Crippen LogP) is 5.43. The van der Waals surface area contributed by atoms with Crippen molar-refractivity contribution in [3.63, 3.8) is 0 Å². The average molecular weight is 552 g/mol. The Kier molecular flexibility index (Phi) is 6.83. The largest absolute Gasteiger partial charge is 0.497 e. The van der Waals surface area contributed by atoms with Crippen LogP contribution in [0.5, 0.6) is 11.5 Å². The van der Waals surface area contributed by atoms with Crippen molar-refractivity contribution in [1.82, 2.24) is 4.57 Å². The molecule has 8 heteroatoms. The lowest BCUT2D eigenvalue weighted by atomic mass is 9.85. The maximum Gasteiger partial charge on any atom is 0.306 e. The lowest BCUT2D eigenvalue weighted by Gasteiger charge is -2.24. The molecular formula is C33H29NO7. The quantitative estimate of drug-likeness (QED) is 0.249. The second kappa shape index (κ2) is 10.6. The van der Waals surface area contributed by atoms with Gasteiger partial charge >= 0.3 is 5.97 Å². The van der Waals surface area contributed by atoms with Crippen LogP contribution < -0.4 is 20.5 Å². The second-order valence-electron chi connectivity index (χ2n) is 10.1. The summed E-state index contributed by atoms with van der Waals surface area (Å²) in [6, 6.07) is 18.3. The van der Waals surface area contributed by atoms with Crippen molar-refractivity contribution in [3.05, 3.63) is 104 Å². The Bertz CT molecular complexity index is 1920. The topological polar surface area (TPSA) is 97.0 Å². The summed E-state index contributed by atoms with van der Waals surface area (Å²) in [5.41, 5.74) is 3.79. The molecule has 2 aromatic heterocycles. The molecule has 0 radical (unpaired) electrons. The van der Waals surface area contributed by atoms with Gasteiger partial charge in [-0.15, -0.1) is 0 Å². The number of esters is 1. The van der Waals surface area contributed by atoms with Gasteiger partial charge in [-0.1, -0.05) is 30.3 Å². The molecule has 3 aromatic carbocycles. The van der Waals surface area contributed by atoms with E-state index in [-0.39, 0.29) is 23.0 Å². The van der Waals surface area contributed by atoms with Crippen LogP contribution in [0.4, 0.5) is 0 Å². The van der Waals surface area contributed by atoms with E-state index in [0.717, 1.165) is 29.3 Å². The number of nitrogens with zero attached hydrogens (tertiary/aromatic N) is 1. The van der Waals surface area contributed by atoms with Gasteiger partial charge < -0.3 is 23.2 Å². The van der Waals surface area contributed by atoms with Crippen molar-refractivity contribution in [1.29, 1.82) is 0 Å². The van der Waals surface area contributed by atoms with Crippen LogP contribution in [0.25, 0.3) is 33.0 Å². The van der Waals surface area contributed by atoms with E-state index >= 15 is 0 Å². The third-order valence-corrected chi connectivity index (χ3v) is 7.93. The monoisotopic (exact) mass is 551 g/mol. The summed E-state index contributed by atoms with van der Waals surface area (Å²) < 4.78 is 24.0. The number of pyridine rings is 1. The van der Waals surface area contributed by atoms with Crippen LogP contribution in [0, 0.1) is 0 Å². The number of hydrogen-bond donors (Lipinski definition) is 0. The number of carbonyl (C=O) groups excluding carboxylic acids is 1. The first-order chi connectivity index (χ1) is 19.9. The molecule has 41 heavy (non-hydrogen) atoms. The van der Waals surface area contributed by atoms with Gasteiger partial charge in [0.2, 0.25) is 5.43 Å². The molecule has 1 aliphatic heterocycles. The van der Waals surface area contributed by atoms with Gasteiger partial charge in [-0.05, 0) is 59.7 Å². The standard InChI is InChI=1S/C33H29NO7/c1-38-22-11-9-19(10-12-22)26-18-41-32-23(31(26)36)13-14-27(39-2)29(32)24(17-28(35)40-3)25-16-21-7-4-6-20-8-5-15-34(30(20)21)33(25)37/h4,6-7,9-14,16,18,24H,5,8,15,17H2,1-3H3/t24-/m0/s1. The molecule has 0 saturated carbocycles. The summed E-state index contributed by atoms with van der Waals surface area (Å²) >= 11 is 0. The number of methoxy groups -OCH3 is 3. The van der Waals surface area contributed by atoms with Crippen LogP contribution in [-0.2, 0) is 22.5 Å². The van der Waals surface area contributed by atoms with E-state index in [1.165, 1.54) is 20.5 Å². The Balaban J connectivity index is 1.61. The molecule has 0 N–H and O–H groups in total. The smallest absolute Gasteiger partial charge is 0.306 e. The molecule has 1 atom stereocenters. The SMILES string of the molecule is COC(=O)C[C@@H](c1cc2cccc3c2n(c1=O)CCC3)c1c(OC)ccc2c(=O)c(-c3ccc(OC)cc3)coc12. The van der Waals surface area contributed by atoms with Gasteiger partial charge in [0.25, 0.3) is 5.56 Å². The van der Waals surface area contributed by atoms with Crippen LogP contribution >= 0.6 is 0 Å². The van der Waals surface area contributed by atoms with Gasteiger partial charge in [0.05, 0.1) is 44.2 Å². The fourth-order valence-corrected chi connectivity index (χ4v) is 5.93. The summed E-state index contributed by atoms with van der Waals surface area (Å²) in [5.74, 6) is -0.219. The highest BCUT2D eigenvalue weighted by atomic mass is 16.5. The highest BCUT2D eigenvalue weighted by Crippen LogP contribution is 2.40. The highest BCUT2D eigenvalue weighted by Gasteiger charge is 2.30. The first-order valence-corrected chi connectivity index (χ1v) is 13.4. The molecule has 208 valence electrons. The summed E-state index contributed by atoms with van der Waals surface area (Å²) in [6.07, 6.45) is 3.02. The highest BCUT2D eigenvalue weighted by molar-refractivity contribution is 5.89. The first kappa shape index (κ1) is 26.4. The zero-order valence-corrected chi connectivity index (χ0v) is 23.1. The summed E-state index contributed by atoms with van der Waals surface area (Å²) in [6.45, 7) is 0.581. The van der Waals surface area contributed by atoms with Crippen LogP contribution in [0.1, 0.15) is 35.4 Å². The number of rotatable bonds is 7. The van der Waals surface area contributed by atoms with Crippen molar-refractivity contribution in [2.45, 2.75) is 31.7 Å². The number of aromatic nitrogens is 1. The minimum Gasteiger partial charge on any atom is -0.497 e. The van der Waals surface area contributed by atoms with Crippen LogP contribution in [0.15, 0.2) is 80.9 Å². The van der Waals surface area contributed by atoms with E-state index in [4.69, 9.17) is 18.6 Å². The van der Waals surface area contributed by atoms with E-state index in [2.05, 4.69) is 0 Å². The van der Waals surface area contributed by atoms with Crippen LogP contribution in [0.3, 0.4) is 0 Å². The maximum atomic E-state index is 14.0. The molecule has 5 aromatic rings. The average Bonchev–Trinajstić information content (AvgIpc) is 3.01. The Morgan fingerprint density at radius 1 is 1.00 bits per heavy atom. The van der Waals surface area contributed by atoms with Crippen molar-refractivity contribution in [2.24, 2.45) is 0 Å². The maximum absolute atomic E-state index is 14.0. The van der Waals surface area contributed by atoms with Gasteiger partial charge in [0.15, 0.2) is 0 Å². The summed E-state index contributed by atoms with van der Waals surface area (Å²) in [7, 11) is 4.39. The second-order valence-corrected chi connectivity index (χ2v) is 10.1. The lowest BCUT2D eigenvalue weighted by molar-refractivity contribution is -0.140. The summed E-state index contributed by atoms with van der Waals surface area (Å²) in [5, 5.41) is 1.22. The lowest BCUT2D eigenvalue weighted by Crippen LogP contribution is -2.30. The van der Waals surface area contributed by atoms with E-state index < -0.39 is 11.9 Å². The molecule has 0 spiro atoms. The Morgan fingerprint density at radius 3 is 2.54 bits per heavy atom. The summed E-state index contributed by atoms with van der Waals surface area (Å²) in [4.78, 5) is 40.6. The third-order valence-electron chi connectivity index (χ3n) is 7.93. The number of para-hydroxylation sites is 1. The molecule has 0 unspecified atom stereocenters. The molecule has 0 amide bonds. The minimum atomic E-state index is -0.790. The first-order valence-electron chi connectivity index (χ1n) is 13.4. The molecular weight excluding hydrogens is 522 g/mol. The molecule has 0 aliphatic carbocycles. The number of hydrogen-bond acceptors (Lipinski definition) is 7. The minimum absolute atomic E-state index is 0.143. The third kappa shape index (κ3) is 4.45. The molecule has 8 nitrogen and oxygen atoms in total. The van der Waals surface area contributed by atoms with E-state index in [9.17, 15) is 14.4 Å². The van der Waals surface area contributed by atoms with Gasteiger partial charge in [-0.3, -0.25) is 14.4 Å². The number of ether oxygens (including phenoxy) is 3. The van der Waals surface area contributed by atoms with Gasteiger partial charge in [-0.25, -0.2) is 0 Å². The Morgan fingerprint density at radius 2 is 1.80 bits per heavy atom. The molecule has 0 fully saturated rings. The molecule has 6 rings (SSSR count). The van der Waals surface area contributed by atoms with Gasteiger partial charge in [0, 0.05) is 23.6 Å². The molecule has 3 heterocycles. The van der Waals surface area contributed by atoms with Crippen molar-refractivity contribution in [2.75, 3.05) is 21.3 Å². The normalized spacial score (nSPS) is 13.2. The van der Waals surface area contributed by atoms with Crippen LogP contribution in [-0.4, -0.2) is 31.9 Å².